The van der Waals surface area contributed by atoms with Crippen LogP contribution in [0.15, 0.2) is 48.9 Å². The Labute approximate surface area is 169 Å². The minimum Gasteiger partial charge on any atom is -0.497 e. The molecular weight excluding hydrogens is 370 g/mol. The predicted octanol–water partition coefficient (Wildman–Crippen LogP) is 2.58. The van der Waals surface area contributed by atoms with E-state index in [0.717, 1.165) is 24.2 Å². The molecule has 1 aliphatic rings. The molecular formula is C21H23N5O3. The highest BCUT2D eigenvalue weighted by Crippen LogP contribution is 2.23. The van der Waals surface area contributed by atoms with E-state index < -0.39 is 0 Å². The first-order chi connectivity index (χ1) is 14.1. The van der Waals surface area contributed by atoms with E-state index in [2.05, 4.69) is 20.2 Å². The molecule has 1 N–H and O–H groups in total. The molecule has 1 saturated heterocycles. The highest BCUT2D eigenvalue weighted by Gasteiger charge is 2.16. The molecule has 0 saturated carbocycles. The number of amides is 1. The lowest BCUT2D eigenvalue weighted by Gasteiger charge is -2.26. The van der Waals surface area contributed by atoms with Gasteiger partial charge < -0.3 is 24.3 Å². The van der Waals surface area contributed by atoms with Crippen LogP contribution in [0, 0.1) is 0 Å². The quantitative estimate of drug-likeness (QED) is 0.718. The van der Waals surface area contributed by atoms with E-state index in [1.807, 2.05) is 37.5 Å². The summed E-state index contributed by atoms with van der Waals surface area (Å²) in [6.07, 6.45) is 5.47. The van der Waals surface area contributed by atoms with Gasteiger partial charge in [-0.1, -0.05) is 6.07 Å². The third kappa shape index (κ3) is 4.22. The van der Waals surface area contributed by atoms with Crippen LogP contribution in [0.1, 0.15) is 10.5 Å². The molecule has 8 nitrogen and oxygen atoms in total. The van der Waals surface area contributed by atoms with Crippen LogP contribution in [-0.4, -0.2) is 53.9 Å². The zero-order chi connectivity index (χ0) is 20.2. The summed E-state index contributed by atoms with van der Waals surface area (Å²) in [5.74, 6) is 1.19. The van der Waals surface area contributed by atoms with Crippen molar-refractivity contribution < 1.29 is 14.3 Å². The summed E-state index contributed by atoms with van der Waals surface area (Å²) in [6.45, 7) is 2.96. The number of methoxy groups -OCH3 is 1. The second kappa shape index (κ2) is 8.32. The zero-order valence-electron chi connectivity index (χ0n) is 16.5. The number of carbonyl (C=O) groups is 1. The first-order valence-electron chi connectivity index (χ1n) is 9.41. The molecule has 0 radical (unpaired) electrons. The van der Waals surface area contributed by atoms with Gasteiger partial charge >= 0.3 is 0 Å². The third-order valence-electron chi connectivity index (χ3n) is 4.83. The molecule has 0 spiro atoms. The number of aromatic nitrogens is 3. The van der Waals surface area contributed by atoms with Crippen LogP contribution in [0.25, 0.3) is 11.1 Å². The molecule has 29 heavy (non-hydrogen) atoms. The van der Waals surface area contributed by atoms with Gasteiger partial charge in [-0.05, 0) is 18.2 Å². The summed E-state index contributed by atoms with van der Waals surface area (Å²) in [6, 6.07) is 9.10. The maximum atomic E-state index is 12.7. The van der Waals surface area contributed by atoms with Gasteiger partial charge in [0.15, 0.2) is 0 Å². The molecule has 2 aromatic heterocycles. The second-order valence-corrected chi connectivity index (χ2v) is 6.78. The summed E-state index contributed by atoms with van der Waals surface area (Å²) in [5.41, 5.74) is 2.96. The first kappa shape index (κ1) is 18.9. The Kier molecular flexibility index (Phi) is 5.44. The van der Waals surface area contributed by atoms with Crippen molar-refractivity contribution in [3.63, 3.8) is 0 Å². The summed E-state index contributed by atoms with van der Waals surface area (Å²) in [5, 5.41) is 2.90. The molecule has 0 aliphatic carbocycles. The number of hydrogen-bond acceptors (Lipinski definition) is 6. The molecule has 0 bridgehead atoms. The number of carbonyl (C=O) groups excluding carboxylic acids is 1. The van der Waals surface area contributed by atoms with Crippen LogP contribution in [0.3, 0.4) is 0 Å². The van der Waals surface area contributed by atoms with Crippen LogP contribution < -0.4 is 15.0 Å². The average Bonchev–Trinajstić information content (AvgIpc) is 3.16. The SMILES string of the molecule is COc1cccc(NC(=O)c2cc(-c3cnc(N4CCOCC4)nc3)cn2C)c1. The molecule has 8 heteroatoms. The number of anilines is 2. The standard InChI is InChI=1S/C21H23N5O3/c1-25-14-15(16-12-22-21(23-13-16)26-6-8-29-9-7-26)10-19(25)20(27)24-17-4-3-5-18(11-17)28-2/h3-5,10-14H,6-9H2,1-2H3,(H,24,27). The average molecular weight is 393 g/mol. The van der Waals surface area contributed by atoms with Gasteiger partial charge in [0.05, 0.1) is 20.3 Å². The van der Waals surface area contributed by atoms with Crippen molar-refractivity contribution in [3.05, 3.63) is 54.6 Å². The van der Waals surface area contributed by atoms with Crippen molar-refractivity contribution in [1.82, 2.24) is 14.5 Å². The van der Waals surface area contributed by atoms with E-state index >= 15 is 0 Å². The molecule has 150 valence electrons. The highest BCUT2D eigenvalue weighted by molar-refractivity contribution is 6.04. The van der Waals surface area contributed by atoms with Crippen LogP contribution in [-0.2, 0) is 11.8 Å². The van der Waals surface area contributed by atoms with Crippen LogP contribution in [0.4, 0.5) is 11.6 Å². The fourth-order valence-corrected chi connectivity index (χ4v) is 3.24. The summed E-state index contributed by atoms with van der Waals surface area (Å²) in [4.78, 5) is 23.8. The lowest BCUT2D eigenvalue weighted by Crippen LogP contribution is -2.37. The minimum atomic E-state index is -0.196. The van der Waals surface area contributed by atoms with Gasteiger partial charge in [0.25, 0.3) is 5.91 Å². The number of aryl methyl sites for hydroxylation is 1. The molecule has 1 aromatic carbocycles. The van der Waals surface area contributed by atoms with Crippen molar-refractivity contribution in [2.24, 2.45) is 7.05 Å². The number of ether oxygens (including phenoxy) is 2. The summed E-state index contributed by atoms with van der Waals surface area (Å²) < 4.78 is 12.4. The largest absolute Gasteiger partial charge is 0.497 e. The summed E-state index contributed by atoms with van der Waals surface area (Å²) >= 11 is 0. The summed E-state index contributed by atoms with van der Waals surface area (Å²) in [7, 11) is 3.43. The fourth-order valence-electron chi connectivity index (χ4n) is 3.24. The lowest BCUT2D eigenvalue weighted by atomic mass is 10.2. The van der Waals surface area contributed by atoms with Gasteiger partial charge in [-0.3, -0.25) is 4.79 Å². The number of nitrogens with one attached hydrogen (secondary N) is 1. The van der Waals surface area contributed by atoms with Crippen molar-refractivity contribution >= 4 is 17.5 Å². The molecule has 0 atom stereocenters. The number of morpholine rings is 1. The van der Waals surface area contributed by atoms with E-state index in [4.69, 9.17) is 9.47 Å². The Bertz CT molecular complexity index is 994. The Hall–Kier alpha value is -3.39. The Morgan fingerprint density at radius 3 is 2.62 bits per heavy atom. The smallest absolute Gasteiger partial charge is 0.272 e. The molecule has 4 rings (SSSR count). The number of benzene rings is 1. The van der Waals surface area contributed by atoms with Gasteiger partial charge in [-0.25, -0.2) is 9.97 Å². The normalized spacial score (nSPS) is 13.9. The maximum Gasteiger partial charge on any atom is 0.272 e. The minimum absolute atomic E-state index is 0.196. The number of nitrogens with zero attached hydrogens (tertiary/aromatic N) is 4. The van der Waals surface area contributed by atoms with Crippen LogP contribution in [0.2, 0.25) is 0 Å². The van der Waals surface area contributed by atoms with Gasteiger partial charge in [0, 0.05) is 61.6 Å². The Balaban J connectivity index is 1.50. The fraction of sp³-hybridized carbons (Fsp3) is 0.286. The third-order valence-corrected chi connectivity index (χ3v) is 4.83. The Morgan fingerprint density at radius 1 is 1.14 bits per heavy atom. The number of rotatable bonds is 5. The number of hydrogen-bond donors (Lipinski definition) is 1. The van der Waals surface area contributed by atoms with Gasteiger partial charge in [-0.2, -0.15) is 0 Å². The van der Waals surface area contributed by atoms with Crippen molar-refractivity contribution in [3.8, 4) is 16.9 Å². The van der Waals surface area contributed by atoms with E-state index in [0.29, 0.717) is 36.3 Å². The molecule has 1 amide bonds. The van der Waals surface area contributed by atoms with Gasteiger partial charge in [0.2, 0.25) is 5.95 Å². The van der Waals surface area contributed by atoms with Crippen molar-refractivity contribution in [1.29, 1.82) is 0 Å². The Morgan fingerprint density at radius 2 is 1.90 bits per heavy atom. The monoisotopic (exact) mass is 393 g/mol. The molecule has 0 unspecified atom stereocenters. The van der Waals surface area contributed by atoms with Crippen molar-refractivity contribution in [2.45, 2.75) is 0 Å². The molecule has 3 aromatic rings. The molecule has 1 fully saturated rings. The predicted molar refractivity (Wildman–Crippen MR) is 110 cm³/mol. The van der Waals surface area contributed by atoms with Crippen molar-refractivity contribution in [2.75, 3.05) is 43.6 Å². The van der Waals surface area contributed by atoms with Crippen LogP contribution in [0.5, 0.6) is 5.75 Å². The lowest BCUT2D eigenvalue weighted by molar-refractivity contribution is 0.101. The maximum absolute atomic E-state index is 12.7. The van der Waals surface area contributed by atoms with E-state index in [1.165, 1.54) is 0 Å². The first-order valence-corrected chi connectivity index (χ1v) is 9.41. The van der Waals surface area contributed by atoms with E-state index in [1.54, 1.807) is 30.1 Å². The molecule has 1 aliphatic heterocycles. The second-order valence-electron chi connectivity index (χ2n) is 6.78. The van der Waals surface area contributed by atoms with Gasteiger partial charge in [0.1, 0.15) is 11.4 Å². The van der Waals surface area contributed by atoms with E-state index in [-0.39, 0.29) is 5.91 Å². The van der Waals surface area contributed by atoms with E-state index in [9.17, 15) is 4.79 Å². The van der Waals surface area contributed by atoms with Crippen LogP contribution >= 0.6 is 0 Å². The zero-order valence-corrected chi connectivity index (χ0v) is 16.5. The topological polar surface area (TPSA) is 81.5 Å². The molecule has 3 heterocycles. The highest BCUT2D eigenvalue weighted by atomic mass is 16.5. The van der Waals surface area contributed by atoms with Gasteiger partial charge in [-0.15, -0.1) is 0 Å².